The van der Waals surface area contributed by atoms with E-state index in [0.29, 0.717) is 5.69 Å². The van der Waals surface area contributed by atoms with Gasteiger partial charge in [0.1, 0.15) is 6.42 Å². The molecular formula is C19H21BrN2O2. The Labute approximate surface area is 150 Å². The minimum Gasteiger partial charge on any atom is -0.325 e. The molecule has 4 nitrogen and oxygen atoms in total. The summed E-state index contributed by atoms with van der Waals surface area (Å²) in [7, 11) is 0. The molecule has 0 aliphatic rings. The van der Waals surface area contributed by atoms with E-state index in [9.17, 15) is 9.59 Å². The second-order valence-corrected chi connectivity index (χ2v) is 6.27. The Bertz CT molecular complexity index is 722. The minimum atomic E-state index is -0.341. The predicted octanol–water partition coefficient (Wildman–Crippen LogP) is 4.54. The number of amides is 2. The Balaban J connectivity index is 2.03. The second kappa shape index (κ2) is 8.64. The van der Waals surface area contributed by atoms with Gasteiger partial charge in [0.25, 0.3) is 0 Å². The zero-order valence-corrected chi connectivity index (χ0v) is 15.4. The van der Waals surface area contributed by atoms with Crippen LogP contribution >= 0.6 is 15.9 Å². The van der Waals surface area contributed by atoms with E-state index in [4.69, 9.17) is 0 Å². The van der Waals surface area contributed by atoms with Crippen LogP contribution in [0.15, 0.2) is 46.9 Å². The normalized spacial score (nSPS) is 10.3. The highest BCUT2D eigenvalue weighted by Crippen LogP contribution is 2.23. The number of rotatable bonds is 6. The first kappa shape index (κ1) is 18.2. The van der Waals surface area contributed by atoms with Gasteiger partial charge >= 0.3 is 0 Å². The zero-order valence-electron chi connectivity index (χ0n) is 13.9. The summed E-state index contributed by atoms with van der Waals surface area (Å²) in [6.07, 6.45) is 1.43. The van der Waals surface area contributed by atoms with E-state index < -0.39 is 0 Å². The van der Waals surface area contributed by atoms with Crippen molar-refractivity contribution >= 4 is 39.1 Å². The molecular weight excluding hydrogens is 368 g/mol. The van der Waals surface area contributed by atoms with E-state index in [-0.39, 0.29) is 18.2 Å². The highest BCUT2D eigenvalue weighted by Gasteiger charge is 2.14. The van der Waals surface area contributed by atoms with Crippen LogP contribution in [-0.4, -0.2) is 11.8 Å². The van der Waals surface area contributed by atoms with Crippen LogP contribution in [0.5, 0.6) is 0 Å². The second-order valence-electron chi connectivity index (χ2n) is 5.41. The lowest BCUT2D eigenvalue weighted by atomic mass is 10.0. The average molecular weight is 389 g/mol. The molecule has 0 unspecified atom stereocenters. The monoisotopic (exact) mass is 388 g/mol. The summed E-state index contributed by atoms with van der Waals surface area (Å²) < 4.78 is 0.781. The van der Waals surface area contributed by atoms with E-state index in [1.54, 1.807) is 6.07 Å². The van der Waals surface area contributed by atoms with Crippen LogP contribution in [0, 0.1) is 0 Å². The lowest BCUT2D eigenvalue weighted by Gasteiger charge is -2.14. The zero-order chi connectivity index (χ0) is 17.5. The lowest BCUT2D eigenvalue weighted by Crippen LogP contribution is -2.22. The highest BCUT2D eigenvalue weighted by atomic mass is 79.9. The summed E-state index contributed by atoms with van der Waals surface area (Å²) >= 11 is 3.37. The third-order valence-corrected chi connectivity index (χ3v) is 4.42. The molecule has 0 aromatic heterocycles. The largest absolute Gasteiger partial charge is 0.325 e. The number of carbonyl (C=O) groups is 2. The molecule has 0 radical (unpaired) electrons. The Morgan fingerprint density at radius 2 is 1.46 bits per heavy atom. The Kier molecular flexibility index (Phi) is 6.55. The van der Waals surface area contributed by atoms with E-state index in [0.717, 1.165) is 34.1 Å². The van der Waals surface area contributed by atoms with E-state index in [1.165, 1.54) is 0 Å². The van der Waals surface area contributed by atoms with Gasteiger partial charge in [-0.15, -0.1) is 0 Å². The number of benzene rings is 2. The lowest BCUT2D eigenvalue weighted by molar-refractivity contribution is -0.123. The molecule has 126 valence electrons. The van der Waals surface area contributed by atoms with Gasteiger partial charge in [0.2, 0.25) is 11.8 Å². The van der Waals surface area contributed by atoms with Gasteiger partial charge in [0, 0.05) is 10.2 Å². The van der Waals surface area contributed by atoms with Crippen LogP contribution in [0.4, 0.5) is 11.4 Å². The van der Waals surface area contributed by atoms with Crippen molar-refractivity contribution in [2.24, 2.45) is 0 Å². The molecule has 0 aliphatic heterocycles. The maximum absolute atomic E-state index is 12.3. The SMILES string of the molecule is CCc1cccc(CC)c1NC(=O)CC(=O)Nc1ccccc1Br. The van der Waals surface area contributed by atoms with Crippen LogP contribution in [0.3, 0.4) is 0 Å². The van der Waals surface area contributed by atoms with Crippen molar-refractivity contribution in [3.05, 3.63) is 58.1 Å². The molecule has 5 heteroatoms. The van der Waals surface area contributed by atoms with Gasteiger partial charge in [0.05, 0.1) is 5.69 Å². The van der Waals surface area contributed by atoms with Crippen molar-refractivity contribution < 1.29 is 9.59 Å². The molecule has 2 rings (SSSR count). The molecule has 0 saturated carbocycles. The van der Waals surface area contributed by atoms with Gasteiger partial charge in [-0.2, -0.15) is 0 Å². The molecule has 0 fully saturated rings. The van der Waals surface area contributed by atoms with E-state index in [2.05, 4.69) is 26.6 Å². The fourth-order valence-corrected chi connectivity index (χ4v) is 2.87. The topological polar surface area (TPSA) is 58.2 Å². The van der Waals surface area contributed by atoms with Crippen molar-refractivity contribution in [3.63, 3.8) is 0 Å². The van der Waals surface area contributed by atoms with Crippen molar-refractivity contribution in [2.75, 3.05) is 10.6 Å². The summed E-state index contributed by atoms with van der Waals surface area (Å²) in [5, 5.41) is 5.64. The smallest absolute Gasteiger partial charge is 0.233 e. The molecule has 2 aromatic carbocycles. The first-order chi connectivity index (χ1) is 11.5. The number of aryl methyl sites for hydroxylation is 2. The maximum Gasteiger partial charge on any atom is 0.233 e. The number of para-hydroxylation sites is 2. The molecule has 0 aliphatic carbocycles. The maximum atomic E-state index is 12.3. The quantitative estimate of drug-likeness (QED) is 0.713. The molecule has 0 atom stereocenters. The number of anilines is 2. The van der Waals surface area contributed by atoms with Crippen LogP contribution in [0.1, 0.15) is 31.4 Å². The van der Waals surface area contributed by atoms with Crippen molar-refractivity contribution in [1.29, 1.82) is 0 Å². The van der Waals surface area contributed by atoms with Crippen molar-refractivity contribution in [1.82, 2.24) is 0 Å². The van der Waals surface area contributed by atoms with Gasteiger partial charge in [-0.05, 0) is 52.0 Å². The van der Waals surface area contributed by atoms with Crippen LogP contribution < -0.4 is 10.6 Å². The van der Waals surface area contributed by atoms with Crippen molar-refractivity contribution in [3.8, 4) is 0 Å². The van der Waals surface area contributed by atoms with Gasteiger partial charge in [-0.25, -0.2) is 0 Å². The van der Waals surface area contributed by atoms with Gasteiger partial charge in [-0.3, -0.25) is 9.59 Å². The average Bonchev–Trinajstić information content (AvgIpc) is 2.57. The Morgan fingerprint density at radius 1 is 0.875 bits per heavy atom. The summed E-state index contributed by atoms with van der Waals surface area (Å²) in [5.74, 6) is -0.651. The molecule has 2 aromatic rings. The standard InChI is InChI=1S/C19H21BrN2O2/c1-3-13-8-7-9-14(4-2)19(13)22-18(24)12-17(23)21-16-11-6-5-10-15(16)20/h5-11H,3-4,12H2,1-2H3,(H,21,23)(H,22,24). The molecule has 0 saturated heterocycles. The van der Waals surface area contributed by atoms with Gasteiger partial charge in [0.15, 0.2) is 0 Å². The van der Waals surface area contributed by atoms with Gasteiger partial charge in [-0.1, -0.05) is 44.2 Å². The van der Waals surface area contributed by atoms with Crippen LogP contribution in [0.25, 0.3) is 0 Å². The van der Waals surface area contributed by atoms with Crippen LogP contribution in [-0.2, 0) is 22.4 Å². The third-order valence-electron chi connectivity index (χ3n) is 3.73. The molecule has 2 amide bonds. The summed E-state index contributed by atoms with van der Waals surface area (Å²) in [5.41, 5.74) is 3.64. The first-order valence-electron chi connectivity index (χ1n) is 8.00. The van der Waals surface area contributed by atoms with E-state index >= 15 is 0 Å². The fourth-order valence-electron chi connectivity index (χ4n) is 2.49. The van der Waals surface area contributed by atoms with Crippen molar-refractivity contribution in [2.45, 2.75) is 33.1 Å². The molecule has 0 spiro atoms. The fraction of sp³-hybridized carbons (Fsp3) is 0.263. The summed E-state index contributed by atoms with van der Waals surface area (Å²) in [6.45, 7) is 4.09. The third kappa shape index (κ3) is 4.68. The molecule has 2 N–H and O–H groups in total. The summed E-state index contributed by atoms with van der Waals surface area (Å²) in [6, 6.07) is 13.3. The predicted molar refractivity (Wildman–Crippen MR) is 101 cm³/mol. The number of carbonyl (C=O) groups excluding carboxylic acids is 2. The minimum absolute atomic E-state index is 0.220. The molecule has 24 heavy (non-hydrogen) atoms. The van der Waals surface area contributed by atoms with Crippen LogP contribution in [0.2, 0.25) is 0 Å². The number of hydrogen-bond donors (Lipinski definition) is 2. The summed E-state index contributed by atoms with van der Waals surface area (Å²) in [4.78, 5) is 24.3. The highest BCUT2D eigenvalue weighted by molar-refractivity contribution is 9.10. The Morgan fingerprint density at radius 3 is 2.04 bits per heavy atom. The Hall–Kier alpha value is -2.14. The number of hydrogen-bond acceptors (Lipinski definition) is 2. The number of nitrogens with one attached hydrogen (secondary N) is 2. The molecule has 0 bridgehead atoms. The molecule has 0 heterocycles. The number of halogens is 1. The van der Waals surface area contributed by atoms with E-state index in [1.807, 2.05) is 50.2 Å². The van der Waals surface area contributed by atoms with Gasteiger partial charge < -0.3 is 10.6 Å². The first-order valence-corrected chi connectivity index (χ1v) is 8.79.